The number of carbonyl (C=O) groups excluding carboxylic acids is 1. The summed E-state index contributed by atoms with van der Waals surface area (Å²) in [6.07, 6.45) is 1.11. The Hall–Kier alpha value is -1.22. The summed E-state index contributed by atoms with van der Waals surface area (Å²) < 4.78 is 5.19. The Balaban J connectivity index is 2.45. The second-order valence-electron chi connectivity index (χ2n) is 3.91. The van der Waals surface area contributed by atoms with Gasteiger partial charge in [-0.2, -0.15) is 0 Å². The van der Waals surface area contributed by atoms with Crippen LogP contribution in [-0.4, -0.2) is 24.9 Å². The molecule has 0 aliphatic heterocycles. The highest BCUT2D eigenvalue weighted by Crippen LogP contribution is 2.17. The number of methoxy groups -OCH3 is 1. The molecule has 1 aromatic carbocycles. The van der Waals surface area contributed by atoms with Crippen LogP contribution >= 0.6 is 11.6 Å². The van der Waals surface area contributed by atoms with E-state index in [4.69, 9.17) is 16.3 Å². The molecule has 1 atom stereocenters. The second-order valence-corrected chi connectivity index (χ2v) is 4.65. The molecule has 0 aliphatic carbocycles. The lowest BCUT2D eigenvalue weighted by molar-refractivity contribution is -0.120. The van der Waals surface area contributed by atoms with Gasteiger partial charge in [-0.25, -0.2) is 0 Å². The number of para-hydroxylation sites is 1. The molecule has 0 heterocycles. The maximum atomic E-state index is 11.7. The van der Waals surface area contributed by atoms with Gasteiger partial charge in [0.15, 0.2) is 0 Å². The first-order valence-electron chi connectivity index (χ1n) is 5.66. The molecule has 1 unspecified atom stereocenters. The minimum Gasteiger partial charge on any atom is -0.496 e. The van der Waals surface area contributed by atoms with Gasteiger partial charge in [-0.1, -0.05) is 18.2 Å². The molecule has 0 spiro atoms. The van der Waals surface area contributed by atoms with Gasteiger partial charge in [-0.3, -0.25) is 4.79 Å². The van der Waals surface area contributed by atoms with Crippen molar-refractivity contribution in [3.63, 3.8) is 0 Å². The number of ether oxygens (including phenoxy) is 1. The third-order valence-corrected chi connectivity index (χ3v) is 2.63. The highest BCUT2D eigenvalue weighted by Gasteiger charge is 2.07. The van der Waals surface area contributed by atoms with Gasteiger partial charge in [-0.05, 0) is 19.4 Å². The van der Waals surface area contributed by atoms with Crippen LogP contribution in [0.25, 0.3) is 0 Å². The van der Waals surface area contributed by atoms with Gasteiger partial charge in [0.25, 0.3) is 0 Å². The van der Waals surface area contributed by atoms with Crippen molar-refractivity contribution in [3.8, 4) is 5.75 Å². The highest BCUT2D eigenvalue weighted by atomic mass is 35.5. The first-order valence-corrected chi connectivity index (χ1v) is 6.09. The van der Waals surface area contributed by atoms with Gasteiger partial charge in [0, 0.05) is 17.5 Å². The normalized spacial score (nSPS) is 11.9. The van der Waals surface area contributed by atoms with Crippen molar-refractivity contribution in [3.05, 3.63) is 29.8 Å². The van der Waals surface area contributed by atoms with Gasteiger partial charge in [0.1, 0.15) is 5.75 Å². The van der Waals surface area contributed by atoms with Crippen molar-refractivity contribution in [2.75, 3.05) is 13.7 Å². The fourth-order valence-electron chi connectivity index (χ4n) is 1.49. The van der Waals surface area contributed by atoms with Crippen LogP contribution in [0.1, 0.15) is 18.9 Å². The van der Waals surface area contributed by atoms with E-state index in [9.17, 15) is 4.79 Å². The van der Waals surface area contributed by atoms with Crippen LogP contribution in [0.2, 0.25) is 0 Å². The predicted molar refractivity (Wildman–Crippen MR) is 69.6 cm³/mol. The van der Waals surface area contributed by atoms with E-state index < -0.39 is 0 Å². The Bertz CT molecular complexity index is 366. The molecule has 4 heteroatoms. The molecule has 94 valence electrons. The van der Waals surface area contributed by atoms with E-state index in [-0.39, 0.29) is 11.3 Å². The number of carbonyl (C=O) groups is 1. The lowest BCUT2D eigenvalue weighted by Crippen LogP contribution is -2.27. The molecule has 0 saturated carbocycles. The zero-order chi connectivity index (χ0) is 12.7. The minimum atomic E-state index is -0.00758. The number of nitrogens with one attached hydrogen (secondary N) is 1. The summed E-state index contributed by atoms with van der Waals surface area (Å²) in [5.41, 5.74) is 0.895. The van der Waals surface area contributed by atoms with E-state index in [1.807, 2.05) is 31.2 Å². The van der Waals surface area contributed by atoms with Crippen LogP contribution in [0.4, 0.5) is 0 Å². The Morgan fingerprint density at radius 1 is 1.47 bits per heavy atom. The number of amides is 1. The number of halogens is 1. The average Bonchev–Trinajstić information content (AvgIpc) is 2.29. The van der Waals surface area contributed by atoms with E-state index in [1.54, 1.807) is 7.11 Å². The molecule has 1 amide bonds. The van der Waals surface area contributed by atoms with E-state index in [0.29, 0.717) is 13.0 Å². The van der Waals surface area contributed by atoms with Crippen LogP contribution in [0.3, 0.4) is 0 Å². The topological polar surface area (TPSA) is 38.3 Å². The molecule has 3 nitrogen and oxygen atoms in total. The van der Waals surface area contributed by atoms with E-state index >= 15 is 0 Å². The average molecular weight is 256 g/mol. The SMILES string of the molecule is COc1ccccc1CC(=O)NCCC(C)Cl. The number of benzene rings is 1. The van der Waals surface area contributed by atoms with E-state index in [2.05, 4.69) is 5.32 Å². The summed E-state index contributed by atoms with van der Waals surface area (Å²) in [7, 11) is 1.60. The van der Waals surface area contributed by atoms with Gasteiger partial charge < -0.3 is 10.1 Å². The largest absolute Gasteiger partial charge is 0.496 e. The first-order chi connectivity index (χ1) is 8.13. The van der Waals surface area contributed by atoms with Crippen LogP contribution < -0.4 is 10.1 Å². The smallest absolute Gasteiger partial charge is 0.224 e. The summed E-state index contributed by atoms with van der Waals surface area (Å²) in [6.45, 7) is 2.52. The van der Waals surface area contributed by atoms with Crippen LogP contribution in [-0.2, 0) is 11.2 Å². The lowest BCUT2D eigenvalue weighted by Gasteiger charge is -2.09. The molecule has 0 aliphatic rings. The lowest BCUT2D eigenvalue weighted by atomic mass is 10.1. The summed E-state index contributed by atoms with van der Waals surface area (Å²) in [4.78, 5) is 11.7. The van der Waals surface area contributed by atoms with Crippen molar-refractivity contribution < 1.29 is 9.53 Å². The zero-order valence-corrected chi connectivity index (χ0v) is 11.0. The van der Waals surface area contributed by atoms with Crippen molar-refractivity contribution in [2.45, 2.75) is 25.1 Å². The van der Waals surface area contributed by atoms with Gasteiger partial charge >= 0.3 is 0 Å². The quantitative estimate of drug-likeness (QED) is 0.793. The number of hydrogen-bond donors (Lipinski definition) is 1. The summed E-state index contributed by atoms with van der Waals surface area (Å²) in [6, 6.07) is 7.52. The van der Waals surface area contributed by atoms with Gasteiger partial charge in [0.2, 0.25) is 5.91 Å². The van der Waals surface area contributed by atoms with Crippen LogP contribution in [0.5, 0.6) is 5.75 Å². The third kappa shape index (κ3) is 5.09. The number of alkyl halides is 1. The Labute approximate surface area is 107 Å². The van der Waals surface area contributed by atoms with E-state index in [1.165, 1.54) is 0 Å². The van der Waals surface area contributed by atoms with Crippen molar-refractivity contribution in [2.24, 2.45) is 0 Å². The maximum Gasteiger partial charge on any atom is 0.224 e. The Morgan fingerprint density at radius 3 is 2.82 bits per heavy atom. The Morgan fingerprint density at radius 2 is 2.18 bits per heavy atom. The molecule has 0 radical (unpaired) electrons. The molecular formula is C13H18ClNO2. The molecule has 0 saturated heterocycles. The second kappa shape index (κ2) is 7.17. The summed E-state index contributed by atoms with van der Waals surface area (Å²) in [5, 5.41) is 2.92. The van der Waals surface area contributed by atoms with Crippen molar-refractivity contribution >= 4 is 17.5 Å². The fraction of sp³-hybridized carbons (Fsp3) is 0.462. The Kier molecular flexibility index (Phi) is 5.84. The third-order valence-electron chi connectivity index (χ3n) is 2.41. The number of hydrogen-bond acceptors (Lipinski definition) is 2. The first kappa shape index (κ1) is 13.8. The molecule has 0 fully saturated rings. The van der Waals surface area contributed by atoms with Crippen molar-refractivity contribution in [1.82, 2.24) is 5.32 Å². The van der Waals surface area contributed by atoms with Crippen molar-refractivity contribution in [1.29, 1.82) is 0 Å². The molecule has 17 heavy (non-hydrogen) atoms. The standard InChI is InChI=1S/C13H18ClNO2/c1-10(14)7-8-15-13(16)9-11-5-3-4-6-12(11)17-2/h3-6,10H,7-9H2,1-2H3,(H,15,16). The molecule has 1 rings (SSSR count). The van der Waals surface area contributed by atoms with Gasteiger partial charge in [-0.15, -0.1) is 11.6 Å². The fourth-order valence-corrected chi connectivity index (χ4v) is 1.60. The monoisotopic (exact) mass is 255 g/mol. The molecular weight excluding hydrogens is 238 g/mol. The van der Waals surface area contributed by atoms with Crippen LogP contribution in [0.15, 0.2) is 24.3 Å². The van der Waals surface area contributed by atoms with E-state index in [0.717, 1.165) is 17.7 Å². The predicted octanol–water partition coefficient (Wildman–Crippen LogP) is 2.37. The molecule has 0 bridgehead atoms. The maximum absolute atomic E-state index is 11.7. The van der Waals surface area contributed by atoms with Crippen LogP contribution in [0, 0.1) is 0 Å². The van der Waals surface area contributed by atoms with Gasteiger partial charge in [0.05, 0.1) is 13.5 Å². The minimum absolute atomic E-state index is 0.00758. The molecule has 1 N–H and O–H groups in total. The number of rotatable bonds is 6. The molecule has 1 aromatic rings. The highest BCUT2D eigenvalue weighted by molar-refractivity contribution is 6.20. The summed E-state index contributed by atoms with van der Waals surface area (Å²) in [5.74, 6) is 0.736. The summed E-state index contributed by atoms with van der Waals surface area (Å²) >= 11 is 5.80. The zero-order valence-electron chi connectivity index (χ0n) is 10.2. The molecule has 0 aromatic heterocycles.